The second-order valence-electron chi connectivity index (χ2n) is 5.66. The van der Waals surface area contributed by atoms with E-state index in [4.69, 9.17) is 5.11 Å². The zero-order valence-corrected chi connectivity index (χ0v) is 11.7. The SMILES string of the molecule is CCC(C)C(C)NC(=O)N1CCC(C)(C(=O)O)C1. The first-order valence-electron chi connectivity index (χ1n) is 6.59. The largest absolute Gasteiger partial charge is 0.481 e. The van der Waals surface area contributed by atoms with Crippen LogP contribution in [0, 0.1) is 11.3 Å². The van der Waals surface area contributed by atoms with Crippen LogP contribution in [0.25, 0.3) is 0 Å². The van der Waals surface area contributed by atoms with E-state index >= 15 is 0 Å². The van der Waals surface area contributed by atoms with Gasteiger partial charge in [0.2, 0.25) is 0 Å². The lowest BCUT2D eigenvalue weighted by atomic mass is 9.90. The van der Waals surface area contributed by atoms with Gasteiger partial charge in [0.1, 0.15) is 0 Å². The van der Waals surface area contributed by atoms with Gasteiger partial charge >= 0.3 is 12.0 Å². The fourth-order valence-corrected chi connectivity index (χ4v) is 2.09. The minimum absolute atomic E-state index is 0.110. The van der Waals surface area contributed by atoms with Gasteiger partial charge in [-0.1, -0.05) is 20.3 Å². The number of amides is 2. The van der Waals surface area contributed by atoms with Crippen LogP contribution < -0.4 is 5.32 Å². The molecule has 1 rings (SSSR count). The molecule has 2 amide bonds. The summed E-state index contributed by atoms with van der Waals surface area (Å²) >= 11 is 0. The first-order chi connectivity index (χ1) is 8.30. The summed E-state index contributed by atoms with van der Waals surface area (Å²) in [5, 5.41) is 12.1. The van der Waals surface area contributed by atoms with Gasteiger partial charge in [-0.05, 0) is 26.2 Å². The van der Waals surface area contributed by atoms with Crippen molar-refractivity contribution in [1.82, 2.24) is 10.2 Å². The van der Waals surface area contributed by atoms with E-state index in [0.717, 1.165) is 6.42 Å². The predicted octanol–water partition coefficient (Wildman–Crippen LogP) is 1.93. The number of nitrogens with one attached hydrogen (secondary N) is 1. The fourth-order valence-electron chi connectivity index (χ4n) is 2.09. The Morgan fingerprint density at radius 2 is 2.06 bits per heavy atom. The summed E-state index contributed by atoms with van der Waals surface area (Å²) in [6.45, 7) is 8.67. The van der Waals surface area contributed by atoms with E-state index in [1.54, 1.807) is 11.8 Å². The monoisotopic (exact) mass is 256 g/mol. The zero-order chi connectivity index (χ0) is 13.9. The number of carbonyl (C=O) groups is 2. The Morgan fingerprint density at radius 3 is 2.50 bits per heavy atom. The molecule has 0 spiro atoms. The number of urea groups is 1. The molecule has 1 saturated heterocycles. The highest BCUT2D eigenvalue weighted by atomic mass is 16.4. The smallest absolute Gasteiger partial charge is 0.317 e. The van der Waals surface area contributed by atoms with Gasteiger partial charge in [-0.25, -0.2) is 4.79 Å². The molecule has 18 heavy (non-hydrogen) atoms. The summed E-state index contributed by atoms with van der Waals surface area (Å²) in [5.74, 6) is -0.407. The molecule has 3 atom stereocenters. The highest BCUT2D eigenvalue weighted by Gasteiger charge is 2.42. The third-order valence-corrected chi connectivity index (χ3v) is 4.13. The summed E-state index contributed by atoms with van der Waals surface area (Å²) < 4.78 is 0. The fraction of sp³-hybridized carbons (Fsp3) is 0.846. The highest BCUT2D eigenvalue weighted by molar-refractivity contribution is 5.79. The minimum Gasteiger partial charge on any atom is -0.481 e. The summed E-state index contributed by atoms with van der Waals surface area (Å²) in [4.78, 5) is 24.7. The number of carboxylic acid groups (broad SMARTS) is 1. The van der Waals surface area contributed by atoms with Gasteiger partial charge in [0.25, 0.3) is 0 Å². The lowest BCUT2D eigenvalue weighted by Gasteiger charge is -2.25. The normalized spacial score (nSPS) is 26.8. The molecule has 0 aromatic rings. The molecule has 1 aliphatic heterocycles. The number of hydrogen-bond donors (Lipinski definition) is 2. The lowest BCUT2D eigenvalue weighted by molar-refractivity contribution is -0.146. The van der Waals surface area contributed by atoms with Crippen LogP contribution in [0.15, 0.2) is 0 Å². The van der Waals surface area contributed by atoms with E-state index in [-0.39, 0.29) is 12.1 Å². The molecule has 1 aliphatic rings. The molecular formula is C13H24N2O3. The maximum Gasteiger partial charge on any atom is 0.317 e. The van der Waals surface area contributed by atoms with Crippen LogP contribution in [0.2, 0.25) is 0 Å². The van der Waals surface area contributed by atoms with Gasteiger partial charge in [0.05, 0.1) is 5.41 Å². The van der Waals surface area contributed by atoms with Gasteiger partial charge in [0.15, 0.2) is 0 Å². The average molecular weight is 256 g/mol. The van der Waals surface area contributed by atoms with Crippen LogP contribution in [0.3, 0.4) is 0 Å². The van der Waals surface area contributed by atoms with Gasteiger partial charge < -0.3 is 15.3 Å². The van der Waals surface area contributed by atoms with Crippen molar-refractivity contribution in [3.63, 3.8) is 0 Å². The number of hydrogen-bond acceptors (Lipinski definition) is 2. The van der Waals surface area contributed by atoms with Crippen molar-refractivity contribution in [3.8, 4) is 0 Å². The summed E-state index contributed by atoms with van der Waals surface area (Å²) in [5.41, 5.74) is -0.795. The Labute approximate surface area is 109 Å². The van der Waals surface area contributed by atoms with Crippen LogP contribution in [0.4, 0.5) is 4.79 Å². The predicted molar refractivity (Wildman–Crippen MR) is 69.4 cm³/mol. The molecule has 104 valence electrons. The maximum atomic E-state index is 12.0. The molecule has 3 unspecified atom stereocenters. The second kappa shape index (κ2) is 5.59. The molecule has 0 aromatic heterocycles. The van der Waals surface area contributed by atoms with E-state index < -0.39 is 11.4 Å². The average Bonchev–Trinajstić information content (AvgIpc) is 2.72. The lowest BCUT2D eigenvalue weighted by Crippen LogP contribution is -2.46. The Bertz CT molecular complexity index is 332. The van der Waals surface area contributed by atoms with Crippen molar-refractivity contribution in [2.75, 3.05) is 13.1 Å². The van der Waals surface area contributed by atoms with Crippen molar-refractivity contribution in [2.24, 2.45) is 11.3 Å². The molecule has 0 saturated carbocycles. The van der Waals surface area contributed by atoms with E-state index in [2.05, 4.69) is 19.2 Å². The number of carboxylic acids is 1. The van der Waals surface area contributed by atoms with Crippen molar-refractivity contribution in [3.05, 3.63) is 0 Å². The van der Waals surface area contributed by atoms with E-state index in [1.807, 2.05) is 6.92 Å². The first-order valence-corrected chi connectivity index (χ1v) is 6.59. The van der Waals surface area contributed by atoms with Crippen LogP contribution >= 0.6 is 0 Å². The van der Waals surface area contributed by atoms with E-state index in [9.17, 15) is 9.59 Å². The number of rotatable bonds is 4. The Morgan fingerprint density at radius 1 is 1.44 bits per heavy atom. The van der Waals surface area contributed by atoms with Crippen LogP contribution in [-0.2, 0) is 4.79 Å². The Kier molecular flexibility index (Phi) is 4.59. The Balaban J connectivity index is 2.53. The molecule has 0 aromatic carbocycles. The van der Waals surface area contributed by atoms with Crippen molar-refractivity contribution in [2.45, 2.75) is 46.6 Å². The van der Waals surface area contributed by atoms with Crippen LogP contribution in [-0.4, -0.2) is 41.1 Å². The molecule has 0 aliphatic carbocycles. The summed E-state index contributed by atoms with van der Waals surface area (Å²) in [6, 6.07) is -0.0352. The van der Waals surface area contributed by atoms with Gasteiger partial charge in [-0.2, -0.15) is 0 Å². The van der Waals surface area contributed by atoms with Gasteiger partial charge in [0, 0.05) is 19.1 Å². The number of aliphatic carboxylic acids is 1. The van der Waals surface area contributed by atoms with Crippen LogP contribution in [0.5, 0.6) is 0 Å². The van der Waals surface area contributed by atoms with Gasteiger partial charge in [-0.15, -0.1) is 0 Å². The molecular weight excluding hydrogens is 232 g/mol. The topological polar surface area (TPSA) is 69.6 Å². The first kappa shape index (κ1) is 14.8. The Hall–Kier alpha value is -1.26. The molecule has 0 bridgehead atoms. The quantitative estimate of drug-likeness (QED) is 0.807. The highest BCUT2D eigenvalue weighted by Crippen LogP contribution is 2.30. The number of nitrogens with zero attached hydrogens (tertiary/aromatic N) is 1. The number of carbonyl (C=O) groups excluding carboxylic acids is 1. The zero-order valence-electron chi connectivity index (χ0n) is 11.7. The third-order valence-electron chi connectivity index (χ3n) is 4.13. The summed E-state index contributed by atoms with van der Waals surface area (Å²) in [6.07, 6.45) is 1.53. The van der Waals surface area contributed by atoms with Crippen molar-refractivity contribution < 1.29 is 14.7 Å². The molecule has 1 heterocycles. The maximum absolute atomic E-state index is 12.0. The second-order valence-corrected chi connectivity index (χ2v) is 5.66. The third kappa shape index (κ3) is 3.15. The van der Waals surface area contributed by atoms with Crippen molar-refractivity contribution in [1.29, 1.82) is 0 Å². The summed E-state index contributed by atoms with van der Waals surface area (Å²) in [7, 11) is 0. The van der Waals surface area contributed by atoms with Crippen LogP contribution in [0.1, 0.15) is 40.5 Å². The van der Waals surface area contributed by atoms with Gasteiger partial charge in [-0.3, -0.25) is 4.79 Å². The standard InChI is InChI=1S/C13H24N2O3/c1-5-9(2)10(3)14-12(18)15-7-6-13(4,8-15)11(16)17/h9-10H,5-8H2,1-4H3,(H,14,18)(H,16,17). The van der Waals surface area contributed by atoms with Crippen molar-refractivity contribution >= 4 is 12.0 Å². The number of likely N-dealkylation sites (tertiary alicyclic amines) is 1. The molecule has 1 fully saturated rings. The van der Waals surface area contributed by atoms with E-state index in [1.165, 1.54) is 0 Å². The molecule has 5 nitrogen and oxygen atoms in total. The minimum atomic E-state index is -0.826. The molecule has 2 N–H and O–H groups in total. The molecule has 0 radical (unpaired) electrons. The van der Waals surface area contributed by atoms with E-state index in [0.29, 0.717) is 25.4 Å². The molecule has 5 heteroatoms.